The molecule has 0 radical (unpaired) electrons. The molecular formula is C20H11ClN4O. The molecule has 0 fully saturated rings. The van der Waals surface area contributed by atoms with E-state index in [2.05, 4.69) is 19.9 Å². The van der Waals surface area contributed by atoms with Gasteiger partial charge in [0.05, 0.1) is 0 Å². The quantitative estimate of drug-likeness (QED) is 0.436. The first-order valence-electron chi connectivity index (χ1n) is 8.02. The normalized spacial score (nSPS) is 11.3. The fourth-order valence-electron chi connectivity index (χ4n) is 2.95. The van der Waals surface area contributed by atoms with Crippen molar-refractivity contribution in [2.45, 2.75) is 0 Å². The van der Waals surface area contributed by atoms with Gasteiger partial charge in [-0.2, -0.15) is 9.97 Å². The highest BCUT2D eigenvalue weighted by molar-refractivity contribution is 6.28. The lowest BCUT2D eigenvalue weighted by Crippen LogP contribution is -1.97. The van der Waals surface area contributed by atoms with Gasteiger partial charge < -0.3 is 4.42 Å². The largest absolute Gasteiger partial charge is 0.438 e. The van der Waals surface area contributed by atoms with Crippen molar-refractivity contribution in [2.75, 3.05) is 0 Å². The van der Waals surface area contributed by atoms with Crippen molar-refractivity contribution in [2.24, 2.45) is 0 Å². The SMILES string of the molecule is Clc1nc(-c2ccccc2)nc(-c2ccc3oc4ncccc4c3c2)n1. The maximum absolute atomic E-state index is 6.15. The topological polar surface area (TPSA) is 64.7 Å². The Kier molecular flexibility index (Phi) is 3.40. The third kappa shape index (κ3) is 2.50. The molecule has 0 bridgehead atoms. The van der Waals surface area contributed by atoms with Crippen LogP contribution in [-0.2, 0) is 0 Å². The van der Waals surface area contributed by atoms with E-state index in [0.717, 1.165) is 27.5 Å². The van der Waals surface area contributed by atoms with Gasteiger partial charge in [0.2, 0.25) is 11.0 Å². The van der Waals surface area contributed by atoms with Crippen LogP contribution in [0.1, 0.15) is 0 Å². The Labute approximate surface area is 153 Å². The molecule has 0 spiro atoms. The predicted octanol–water partition coefficient (Wildman–Crippen LogP) is 5.15. The monoisotopic (exact) mass is 358 g/mol. The van der Waals surface area contributed by atoms with E-state index >= 15 is 0 Å². The summed E-state index contributed by atoms with van der Waals surface area (Å²) in [5.41, 5.74) is 3.10. The summed E-state index contributed by atoms with van der Waals surface area (Å²) in [5.74, 6) is 1.06. The van der Waals surface area contributed by atoms with Crippen molar-refractivity contribution in [3.05, 3.63) is 72.1 Å². The van der Waals surface area contributed by atoms with Crippen LogP contribution in [0, 0.1) is 0 Å². The van der Waals surface area contributed by atoms with Crippen LogP contribution < -0.4 is 0 Å². The number of nitrogens with zero attached hydrogens (tertiary/aromatic N) is 4. The number of hydrogen-bond donors (Lipinski definition) is 0. The molecule has 0 saturated carbocycles. The molecule has 5 rings (SSSR count). The van der Waals surface area contributed by atoms with Crippen LogP contribution in [0.25, 0.3) is 44.8 Å². The molecule has 5 aromatic rings. The minimum absolute atomic E-state index is 0.160. The molecule has 3 aromatic heterocycles. The van der Waals surface area contributed by atoms with Gasteiger partial charge in [-0.25, -0.2) is 9.97 Å². The molecular weight excluding hydrogens is 348 g/mol. The number of hydrogen-bond acceptors (Lipinski definition) is 5. The average Bonchev–Trinajstić information content (AvgIpc) is 3.06. The van der Waals surface area contributed by atoms with Crippen molar-refractivity contribution in [1.82, 2.24) is 19.9 Å². The van der Waals surface area contributed by atoms with Crippen molar-refractivity contribution in [3.63, 3.8) is 0 Å². The van der Waals surface area contributed by atoms with E-state index in [1.165, 1.54) is 0 Å². The molecule has 0 amide bonds. The van der Waals surface area contributed by atoms with E-state index in [1.807, 2.05) is 60.7 Å². The fourth-order valence-corrected chi connectivity index (χ4v) is 3.11. The molecule has 0 aliphatic heterocycles. The summed E-state index contributed by atoms with van der Waals surface area (Å²) in [6, 6.07) is 19.3. The van der Waals surface area contributed by atoms with Gasteiger partial charge in [0.25, 0.3) is 0 Å². The number of furan rings is 1. The van der Waals surface area contributed by atoms with Gasteiger partial charge >= 0.3 is 0 Å². The van der Waals surface area contributed by atoms with Crippen LogP contribution in [0.5, 0.6) is 0 Å². The Morgan fingerprint density at radius 2 is 1.54 bits per heavy atom. The molecule has 3 heterocycles. The zero-order valence-electron chi connectivity index (χ0n) is 13.4. The van der Waals surface area contributed by atoms with Gasteiger partial charge in [0.1, 0.15) is 5.58 Å². The first kappa shape index (κ1) is 15.0. The smallest absolute Gasteiger partial charge is 0.227 e. The van der Waals surface area contributed by atoms with Crippen LogP contribution in [-0.4, -0.2) is 19.9 Å². The highest BCUT2D eigenvalue weighted by Crippen LogP contribution is 2.31. The lowest BCUT2D eigenvalue weighted by molar-refractivity contribution is 0.654. The number of benzene rings is 2. The number of fused-ring (bicyclic) bond motifs is 3. The molecule has 124 valence electrons. The van der Waals surface area contributed by atoms with Crippen LogP contribution >= 0.6 is 11.6 Å². The van der Waals surface area contributed by atoms with E-state index in [9.17, 15) is 0 Å². The summed E-state index contributed by atoms with van der Waals surface area (Å²) in [6.45, 7) is 0. The van der Waals surface area contributed by atoms with Crippen molar-refractivity contribution in [1.29, 1.82) is 0 Å². The third-order valence-corrected chi connectivity index (χ3v) is 4.31. The predicted molar refractivity (Wildman–Crippen MR) is 101 cm³/mol. The Bertz CT molecular complexity index is 1250. The molecule has 0 saturated heterocycles. The second kappa shape index (κ2) is 5.89. The molecule has 26 heavy (non-hydrogen) atoms. The number of pyridine rings is 1. The molecule has 0 aliphatic carbocycles. The summed E-state index contributed by atoms with van der Waals surface area (Å²) in [4.78, 5) is 17.4. The van der Waals surface area contributed by atoms with E-state index in [-0.39, 0.29) is 5.28 Å². The van der Waals surface area contributed by atoms with Crippen LogP contribution in [0.4, 0.5) is 0 Å². The molecule has 0 unspecified atom stereocenters. The second-order valence-corrected chi connectivity index (χ2v) is 6.12. The van der Waals surface area contributed by atoms with Gasteiger partial charge in [-0.15, -0.1) is 0 Å². The lowest BCUT2D eigenvalue weighted by atomic mass is 10.1. The minimum Gasteiger partial charge on any atom is -0.438 e. The summed E-state index contributed by atoms with van der Waals surface area (Å²) in [7, 11) is 0. The Morgan fingerprint density at radius 1 is 0.731 bits per heavy atom. The lowest BCUT2D eigenvalue weighted by Gasteiger charge is -2.05. The maximum Gasteiger partial charge on any atom is 0.227 e. The number of rotatable bonds is 2. The van der Waals surface area contributed by atoms with Gasteiger partial charge in [-0.3, -0.25) is 0 Å². The third-order valence-electron chi connectivity index (χ3n) is 4.15. The fraction of sp³-hybridized carbons (Fsp3) is 0. The summed E-state index contributed by atoms with van der Waals surface area (Å²) >= 11 is 6.15. The summed E-state index contributed by atoms with van der Waals surface area (Å²) in [5, 5.41) is 2.07. The molecule has 0 N–H and O–H groups in total. The standard InChI is InChI=1S/C20H11ClN4O/c21-20-24-17(12-5-2-1-3-6-12)23-18(25-20)13-8-9-16-15(11-13)14-7-4-10-22-19(14)26-16/h1-11H. The van der Waals surface area contributed by atoms with E-state index in [1.54, 1.807) is 6.20 Å². The molecule has 2 aromatic carbocycles. The maximum atomic E-state index is 6.15. The van der Waals surface area contributed by atoms with Crippen molar-refractivity contribution in [3.8, 4) is 22.8 Å². The summed E-state index contributed by atoms with van der Waals surface area (Å²) < 4.78 is 5.77. The van der Waals surface area contributed by atoms with Gasteiger partial charge in [-0.05, 0) is 41.9 Å². The van der Waals surface area contributed by atoms with Crippen molar-refractivity contribution >= 4 is 33.7 Å². The highest BCUT2D eigenvalue weighted by atomic mass is 35.5. The Morgan fingerprint density at radius 3 is 2.38 bits per heavy atom. The van der Waals surface area contributed by atoms with E-state index < -0.39 is 0 Å². The molecule has 5 nitrogen and oxygen atoms in total. The summed E-state index contributed by atoms with van der Waals surface area (Å²) in [6.07, 6.45) is 1.71. The second-order valence-electron chi connectivity index (χ2n) is 5.79. The first-order valence-corrected chi connectivity index (χ1v) is 8.40. The molecule has 0 atom stereocenters. The number of halogens is 1. The van der Waals surface area contributed by atoms with Crippen LogP contribution in [0.3, 0.4) is 0 Å². The van der Waals surface area contributed by atoms with E-state index in [4.69, 9.17) is 16.0 Å². The van der Waals surface area contributed by atoms with Crippen LogP contribution in [0.2, 0.25) is 5.28 Å². The minimum atomic E-state index is 0.160. The van der Waals surface area contributed by atoms with Crippen LogP contribution in [0.15, 0.2) is 71.3 Å². The first-order chi connectivity index (χ1) is 12.8. The highest BCUT2D eigenvalue weighted by Gasteiger charge is 2.12. The van der Waals surface area contributed by atoms with E-state index in [0.29, 0.717) is 17.4 Å². The Hall–Kier alpha value is -3.31. The van der Waals surface area contributed by atoms with Gasteiger partial charge in [0, 0.05) is 28.1 Å². The Balaban J connectivity index is 1.70. The molecule has 0 aliphatic rings. The number of aromatic nitrogens is 4. The van der Waals surface area contributed by atoms with Gasteiger partial charge in [0.15, 0.2) is 11.6 Å². The average molecular weight is 359 g/mol. The zero-order chi connectivity index (χ0) is 17.5. The zero-order valence-corrected chi connectivity index (χ0v) is 14.2. The van der Waals surface area contributed by atoms with Gasteiger partial charge in [-0.1, -0.05) is 30.3 Å². The van der Waals surface area contributed by atoms with Crippen molar-refractivity contribution < 1.29 is 4.42 Å². The molecule has 6 heteroatoms.